The average molecular weight is 302 g/mol. The number of rotatable bonds is 5. The van der Waals surface area contributed by atoms with Gasteiger partial charge in [-0.15, -0.1) is 11.3 Å². The lowest BCUT2D eigenvalue weighted by atomic mass is 10.1. The normalized spacial score (nSPS) is 17.0. The number of amides is 1. The lowest BCUT2D eigenvalue weighted by Gasteiger charge is -2.25. The second-order valence-corrected chi connectivity index (χ2v) is 6.05. The molecule has 21 heavy (non-hydrogen) atoms. The van der Waals surface area contributed by atoms with Crippen molar-refractivity contribution in [3.05, 3.63) is 46.2 Å². The van der Waals surface area contributed by atoms with Crippen LogP contribution in [0.4, 0.5) is 5.69 Å². The number of thiophene rings is 1. The van der Waals surface area contributed by atoms with Crippen LogP contribution in [0.5, 0.6) is 5.75 Å². The third-order valence-corrected chi connectivity index (χ3v) is 4.32. The van der Waals surface area contributed by atoms with Crippen LogP contribution in [0.3, 0.4) is 0 Å². The first kappa shape index (κ1) is 14.1. The Morgan fingerprint density at radius 1 is 1.33 bits per heavy atom. The van der Waals surface area contributed by atoms with Crippen LogP contribution in [0.25, 0.3) is 0 Å². The summed E-state index contributed by atoms with van der Waals surface area (Å²) in [5, 5.41) is 8.39. The third kappa shape index (κ3) is 3.25. The number of hydrogen-bond acceptors (Lipinski definition) is 4. The van der Waals surface area contributed by atoms with Crippen LogP contribution < -0.4 is 15.4 Å². The van der Waals surface area contributed by atoms with Crippen molar-refractivity contribution in [3.8, 4) is 5.75 Å². The molecule has 1 aromatic heterocycles. The van der Waals surface area contributed by atoms with Crippen LogP contribution in [0.15, 0.2) is 35.7 Å². The average Bonchev–Trinajstić information content (AvgIpc) is 2.99. The molecule has 1 aliphatic heterocycles. The van der Waals surface area contributed by atoms with E-state index in [1.807, 2.05) is 25.1 Å². The number of nitrogens with one attached hydrogen (secondary N) is 2. The predicted molar refractivity (Wildman–Crippen MR) is 84.6 cm³/mol. The highest BCUT2D eigenvalue weighted by Gasteiger charge is 2.25. The van der Waals surface area contributed by atoms with Crippen molar-refractivity contribution in [3.63, 3.8) is 0 Å². The molecule has 0 saturated carbocycles. The van der Waals surface area contributed by atoms with Crippen molar-refractivity contribution in [2.24, 2.45) is 0 Å². The maximum absolute atomic E-state index is 11.8. The quantitative estimate of drug-likeness (QED) is 0.892. The molecule has 4 nitrogen and oxygen atoms in total. The molecule has 0 fully saturated rings. The molecular formula is C16H18N2O2S. The van der Waals surface area contributed by atoms with E-state index < -0.39 is 0 Å². The zero-order valence-electron chi connectivity index (χ0n) is 11.9. The van der Waals surface area contributed by atoms with Crippen LogP contribution >= 0.6 is 11.3 Å². The minimum atomic E-state index is -0.375. The van der Waals surface area contributed by atoms with Crippen molar-refractivity contribution >= 4 is 22.9 Å². The topological polar surface area (TPSA) is 50.4 Å². The fourth-order valence-corrected chi connectivity index (χ4v) is 2.99. The van der Waals surface area contributed by atoms with Crippen LogP contribution in [-0.2, 0) is 17.9 Å². The molecule has 1 unspecified atom stereocenters. The summed E-state index contributed by atoms with van der Waals surface area (Å²) in [5.74, 6) is 0.692. The molecule has 0 radical (unpaired) electrons. The molecule has 1 aromatic carbocycles. The molecule has 2 N–H and O–H groups in total. The Morgan fingerprint density at radius 3 is 3.00 bits per heavy atom. The van der Waals surface area contributed by atoms with Gasteiger partial charge in [0.05, 0.1) is 5.69 Å². The molecule has 0 saturated heterocycles. The summed E-state index contributed by atoms with van der Waals surface area (Å²) in [7, 11) is 0. The Kier molecular flexibility index (Phi) is 4.22. The fraction of sp³-hybridized carbons (Fsp3) is 0.312. The molecule has 0 aliphatic carbocycles. The van der Waals surface area contributed by atoms with Crippen molar-refractivity contribution in [1.29, 1.82) is 0 Å². The minimum Gasteiger partial charge on any atom is -0.478 e. The highest BCUT2D eigenvalue weighted by atomic mass is 32.1. The molecule has 0 bridgehead atoms. The van der Waals surface area contributed by atoms with Gasteiger partial charge >= 0.3 is 0 Å². The van der Waals surface area contributed by atoms with E-state index in [1.54, 1.807) is 11.3 Å². The molecule has 1 atom stereocenters. The van der Waals surface area contributed by atoms with E-state index in [9.17, 15) is 4.79 Å². The minimum absolute atomic E-state index is 0.0614. The van der Waals surface area contributed by atoms with Gasteiger partial charge in [-0.1, -0.05) is 19.1 Å². The summed E-state index contributed by atoms with van der Waals surface area (Å²) >= 11 is 1.74. The van der Waals surface area contributed by atoms with E-state index in [0.29, 0.717) is 6.42 Å². The van der Waals surface area contributed by atoms with Gasteiger partial charge in [-0.2, -0.15) is 0 Å². The maximum atomic E-state index is 11.8. The van der Waals surface area contributed by atoms with E-state index in [0.717, 1.165) is 30.1 Å². The van der Waals surface area contributed by atoms with Crippen LogP contribution in [-0.4, -0.2) is 12.0 Å². The SMILES string of the molecule is CCC1Oc2ccc(CNCc3cccs3)cc2NC1=O. The first-order valence-electron chi connectivity index (χ1n) is 7.10. The summed E-state index contributed by atoms with van der Waals surface area (Å²) in [6.07, 6.45) is 0.301. The molecule has 2 heterocycles. The smallest absolute Gasteiger partial charge is 0.265 e. The van der Waals surface area contributed by atoms with Gasteiger partial charge in [-0.3, -0.25) is 4.79 Å². The Hall–Kier alpha value is -1.85. The molecule has 2 aromatic rings. The molecule has 0 spiro atoms. The number of carbonyl (C=O) groups excluding carboxylic acids is 1. The lowest BCUT2D eigenvalue weighted by Crippen LogP contribution is -2.36. The van der Waals surface area contributed by atoms with Crippen molar-refractivity contribution in [1.82, 2.24) is 5.32 Å². The molecule has 1 amide bonds. The van der Waals surface area contributed by atoms with Crippen LogP contribution in [0.1, 0.15) is 23.8 Å². The largest absolute Gasteiger partial charge is 0.478 e. The zero-order valence-corrected chi connectivity index (χ0v) is 12.7. The maximum Gasteiger partial charge on any atom is 0.265 e. The number of anilines is 1. The molecule has 110 valence electrons. The first-order valence-corrected chi connectivity index (χ1v) is 7.98. The molecular weight excluding hydrogens is 284 g/mol. The van der Waals surface area contributed by atoms with Crippen molar-refractivity contribution in [2.75, 3.05) is 5.32 Å². The first-order chi connectivity index (χ1) is 10.3. The van der Waals surface area contributed by atoms with Gasteiger partial charge in [0.1, 0.15) is 5.75 Å². The van der Waals surface area contributed by atoms with E-state index in [4.69, 9.17) is 4.74 Å². The molecule has 3 rings (SSSR count). The summed E-state index contributed by atoms with van der Waals surface area (Å²) < 4.78 is 5.68. The second-order valence-electron chi connectivity index (χ2n) is 5.02. The Balaban J connectivity index is 1.63. The summed E-state index contributed by atoms with van der Waals surface area (Å²) in [6.45, 7) is 3.56. The number of hydrogen-bond donors (Lipinski definition) is 2. The second kappa shape index (κ2) is 6.28. The standard InChI is InChI=1S/C16H18N2O2S/c1-2-14-16(19)18-13-8-11(5-6-15(13)20-14)9-17-10-12-4-3-7-21-12/h3-8,14,17H,2,9-10H2,1H3,(H,18,19). The Bertz CT molecular complexity index is 625. The predicted octanol–water partition coefficient (Wildman–Crippen LogP) is 3.15. The number of fused-ring (bicyclic) bond motifs is 1. The van der Waals surface area contributed by atoms with E-state index >= 15 is 0 Å². The highest BCUT2D eigenvalue weighted by molar-refractivity contribution is 7.09. The van der Waals surface area contributed by atoms with E-state index in [-0.39, 0.29) is 12.0 Å². The van der Waals surface area contributed by atoms with Crippen LogP contribution in [0, 0.1) is 0 Å². The zero-order chi connectivity index (χ0) is 14.7. The van der Waals surface area contributed by atoms with Crippen molar-refractivity contribution < 1.29 is 9.53 Å². The number of benzene rings is 1. The highest BCUT2D eigenvalue weighted by Crippen LogP contribution is 2.31. The number of carbonyl (C=O) groups is 1. The fourth-order valence-electron chi connectivity index (χ4n) is 2.32. The third-order valence-electron chi connectivity index (χ3n) is 3.44. The molecule has 5 heteroatoms. The lowest BCUT2D eigenvalue weighted by molar-refractivity contribution is -0.123. The van der Waals surface area contributed by atoms with Gasteiger partial charge in [-0.05, 0) is 35.6 Å². The van der Waals surface area contributed by atoms with Gasteiger partial charge < -0.3 is 15.4 Å². The Morgan fingerprint density at radius 2 is 2.24 bits per heavy atom. The number of ether oxygens (including phenoxy) is 1. The van der Waals surface area contributed by atoms with Gasteiger partial charge in [0.15, 0.2) is 6.10 Å². The summed E-state index contributed by atoms with van der Waals surface area (Å²) in [6, 6.07) is 10.1. The van der Waals surface area contributed by atoms with Gasteiger partial charge in [0.2, 0.25) is 0 Å². The van der Waals surface area contributed by atoms with Gasteiger partial charge in [-0.25, -0.2) is 0 Å². The van der Waals surface area contributed by atoms with E-state index in [2.05, 4.69) is 28.1 Å². The van der Waals surface area contributed by atoms with Gasteiger partial charge in [0, 0.05) is 18.0 Å². The summed E-state index contributed by atoms with van der Waals surface area (Å²) in [5.41, 5.74) is 1.89. The summed E-state index contributed by atoms with van der Waals surface area (Å²) in [4.78, 5) is 13.1. The van der Waals surface area contributed by atoms with E-state index in [1.165, 1.54) is 4.88 Å². The van der Waals surface area contributed by atoms with Crippen molar-refractivity contribution in [2.45, 2.75) is 32.5 Å². The van der Waals surface area contributed by atoms with Gasteiger partial charge in [0.25, 0.3) is 5.91 Å². The molecule has 1 aliphatic rings. The van der Waals surface area contributed by atoms with Crippen LogP contribution in [0.2, 0.25) is 0 Å². The Labute approximate surface area is 128 Å². The monoisotopic (exact) mass is 302 g/mol.